The van der Waals surface area contributed by atoms with Crippen molar-refractivity contribution in [3.05, 3.63) is 46.1 Å². The van der Waals surface area contributed by atoms with Gasteiger partial charge in [0.1, 0.15) is 11.4 Å². The number of carbonyl (C=O) groups is 1. The van der Waals surface area contributed by atoms with E-state index in [4.69, 9.17) is 21.3 Å². The quantitative estimate of drug-likeness (QED) is 0.482. The van der Waals surface area contributed by atoms with Crippen molar-refractivity contribution in [2.24, 2.45) is 5.41 Å². The second-order valence-corrected chi connectivity index (χ2v) is 10.2. The minimum atomic E-state index is -0.193. The lowest BCUT2D eigenvalue weighted by molar-refractivity contribution is 0.0383. The molecule has 3 fully saturated rings. The first kappa shape index (κ1) is 24.2. The van der Waals surface area contributed by atoms with Gasteiger partial charge in [-0.2, -0.15) is 4.98 Å². The topological polar surface area (TPSA) is 103 Å². The Morgan fingerprint density at radius 2 is 2.03 bits per heavy atom. The van der Waals surface area contributed by atoms with Crippen molar-refractivity contribution in [2.75, 3.05) is 62.7 Å². The molecule has 2 saturated heterocycles. The minimum Gasteiger partial charge on any atom is -0.392 e. The van der Waals surface area contributed by atoms with E-state index in [0.29, 0.717) is 46.4 Å². The molecule has 1 amide bonds. The van der Waals surface area contributed by atoms with Gasteiger partial charge in [-0.05, 0) is 41.9 Å². The van der Waals surface area contributed by atoms with Crippen LogP contribution in [0.1, 0.15) is 40.7 Å². The number of nitrogens with zero attached hydrogens (tertiary/aromatic N) is 4. The lowest BCUT2D eigenvalue weighted by Gasteiger charge is -2.26. The van der Waals surface area contributed by atoms with Crippen molar-refractivity contribution >= 4 is 29.3 Å². The average molecular weight is 501 g/mol. The fourth-order valence-electron chi connectivity index (χ4n) is 4.78. The molecule has 0 unspecified atom stereocenters. The molecule has 1 aliphatic carbocycles. The smallest absolute Gasteiger partial charge is 0.256 e. The summed E-state index contributed by atoms with van der Waals surface area (Å²) in [6.07, 6.45) is 5.37. The maximum Gasteiger partial charge on any atom is 0.256 e. The molecule has 3 heterocycles. The van der Waals surface area contributed by atoms with Gasteiger partial charge in [0.15, 0.2) is 0 Å². The molecule has 0 atom stereocenters. The Hall–Kier alpha value is -2.46. The summed E-state index contributed by atoms with van der Waals surface area (Å²) in [5.41, 5.74) is 2.50. The number of aliphatic hydroxyl groups excluding tert-OH is 1. The number of carbonyl (C=O) groups excluding carboxylic acids is 1. The molecule has 5 rings (SSSR count). The molecule has 2 aliphatic heterocycles. The molecule has 9 nitrogen and oxygen atoms in total. The molecule has 1 aromatic carbocycles. The number of morpholine rings is 1. The first-order valence-corrected chi connectivity index (χ1v) is 12.8. The summed E-state index contributed by atoms with van der Waals surface area (Å²) in [7, 11) is 0. The standard InChI is InChI=1S/C25H33ClN6O3/c26-21-13-18(1-2-19(21)16-33)14-28-22-20(23(34)27-6-8-31-9-11-35-12-10-31)15-29-24(30-22)32-7-5-25(17-32)3-4-25/h1-2,13,15,33H,3-12,14,16-17H2,(H,27,34)(H,28,29,30). The van der Waals surface area contributed by atoms with Crippen LogP contribution in [0.15, 0.2) is 24.4 Å². The van der Waals surface area contributed by atoms with Gasteiger partial charge in [0.05, 0.1) is 19.8 Å². The van der Waals surface area contributed by atoms with Gasteiger partial charge in [-0.3, -0.25) is 9.69 Å². The van der Waals surface area contributed by atoms with E-state index in [1.807, 2.05) is 18.2 Å². The summed E-state index contributed by atoms with van der Waals surface area (Å²) < 4.78 is 5.39. The molecule has 3 aliphatic rings. The predicted octanol–water partition coefficient (Wildman–Crippen LogP) is 2.29. The molecular formula is C25H33ClN6O3. The van der Waals surface area contributed by atoms with Crippen LogP contribution in [0.2, 0.25) is 5.02 Å². The number of nitrogens with one attached hydrogen (secondary N) is 2. The van der Waals surface area contributed by atoms with Crippen LogP contribution >= 0.6 is 11.6 Å². The van der Waals surface area contributed by atoms with Gasteiger partial charge in [0.2, 0.25) is 5.95 Å². The van der Waals surface area contributed by atoms with Gasteiger partial charge < -0.3 is 25.4 Å². The van der Waals surface area contributed by atoms with Crippen molar-refractivity contribution in [1.29, 1.82) is 0 Å². The first-order valence-electron chi connectivity index (χ1n) is 12.4. The van der Waals surface area contributed by atoms with E-state index in [1.165, 1.54) is 19.3 Å². The Kier molecular flexibility index (Phi) is 7.38. The Morgan fingerprint density at radius 3 is 2.74 bits per heavy atom. The fraction of sp³-hybridized carbons (Fsp3) is 0.560. The van der Waals surface area contributed by atoms with Crippen LogP contribution in [0.3, 0.4) is 0 Å². The van der Waals surface area contributed by atoms with E-state index < -0.39 is 0 Å². The zero-order valence-corrected chi connectivity index (χ0v) is 20.7. The average Bonchev–Trinajstić information content (AvgIpc) is 3.51. The van der Waals surface area contributed by atoms with Crippen LogP contribution in [-0.4, -0.2) is 78.4 Å². The number of halogens is 1. The van der Waals surface area contributed by atoms with E-state index in [1.54, 1.807) is 6.20 Å². The zero-order chi connectivity index (χ0) is 24.3. The highest BCUT2D eigenvalue weighted by atomic mass is 35.5. The fourth-order valence-corrected chi connectivity index (χ4v) is 5.04. The molecule has 10 heteroatoms. The van der Waals surface area contributed by atoms with E-state index in [9.17, 15) is 9.90 Å². The largest absolute Gasteiger partial charge is 0.392 e. The van der Waals surface area contributed by atoms with E-state index >= 15 is 0 Å². The SMILES string of the molecule is O=C(NCCN1CCOCC1)c1cnc(N2CCC3(CC3)C2)nc1NCc1ccc(CO)c(Cl)c1. The molecular weight excluding hydrogens is 468 g/mol. The highest BCUT2D eigenvalue weighted by molar-refractivity contribution is 6.31. The first-order chi connectivity index (χ1) is 17.0. The highest BCUT2D eigenvalue weighted by Gasteiger charge is 2.48. The van der Waals surface area contributed by atoms with Crippen LogP contribution in [0, 0.1) is 5.41 Å². The Labute approximate surface area is 210 Å². The van der Waals surface area contributed by atoms with Gasteiger partial charge in [0.25, 0.3) is 5.91 Å². The molecule has 2 aromatic rings. The molecule has 1 saturated carbocycles. The number of ether oxygens (including phenoxy) is 1. The van der Waals surface area contributed by atoms with Crippen molar-refractivity contribution in [3.63, 3.8) is 0 Å². The molecule has 1 aromatic heterocycles. The van der Waals surface area contributed by atoms with Gasteiger partial charge in [-0.1, -0.05) is 23.7 Å². The number of aromatic nitrogens is 2. The lowest BCUT2D eigenvalue weighted by atomic mass is 10.1. The van der Waals surface area contributed by atoms with Crippen molar-refractivity contribution < 1.29 is 14.6 Å². The van der Waals surface area contributed by atoms with Gasteiger partial charge in [-0.15, -0.1) is 0 Å². The highest BCUT2D eigenvalue weighted by Crippen LogP contribution is 2.53. The van der Waals surface area contributed by atoms with E-state index in [-0.39, 0.29) is 12.5 Å². The summed E-state index contributed by atoms with van der Waals surface area (Å²) in [5, 5.41) is 16.2. The van der Waals surface area contributed by atoms with Gasteiger partial charge in [-0.25, -0.2) is 4.98 Å². The van der Waals surface area contributed by atoms with Gasteiger partial charge in [0, 0.05) is 57.0 Å². The number of aliphatic hydroxyl groups is 1. The van der Waals surface area contributed by atoms with Crippen LogP contribution in [-0.2, 0) is 17.9 Å². The second kappa shape index (κ2) is 10.7. The lowest BCUT2D eigenvalue weighted by Crippen LogP contribution is -2.41. The Balaban J connectivity index is 1.29. The summed E-state index contributed by atoms with van der Waals surface area (Å²) in [6.45, 7) is 6.84. The zero-order valence-electron chi connectivity index (χ0n) is 19.9. The summed E-state index contributed by atoms with van der Waals surface area (Å²) in [6, 6.07) is 5.54. The second-order valence-electron chi connectivity index (χ2n) is 9.75. The normalized spacial score (nSPS) is 19.2. The number of benzene rings is 1. The summed E-state index contributed by atoms with van der Waals surface area (Å²) in [4.78, 5) is 26.9. The van der Waals surface area contributed by atoms with Crippen LogP contribution in [0.4, 0.5) is 11.8 Å². The third-order valence-corrected chi connectivity index (χ3v) is 7.62. The molecule has 0 radical (unpaired) electrons. The number of anilines is 2. The summed E-state index contributed by atoms with van der Waals surface area (Å²) in [5.74, 6) is 0.980. The minimum absolute atomic E-state index is 0.103. The number of rotatable bonds is 9. The number of amides is 1. The van der Waals surface area contributed by atoms with E-state index in [0.717, 1.165) is 51.5 Å². The molecule has 0 bridgehead atoms. The van der Waals surface area contributed by atoms with E-state index in [2.05, 4.69) is 25.4 Å². The maximum absolute atomic E-state index is 13.1. The Bertz CT molecular complexity index is 1060. The third kappa shape index (κ3) is 5.86. The van der Waals surface area contributed by atoms with Crippen LogP contribution in [0.25, 0.3) is 0 Å². The molecule has 1 spiro atoms. The number of hydrogen-bond acceptors (Lipinski definition) is 8. The maximum atomic E-state index is 13.1. The van der Waals surface area contributed by atoms with Crippen molar-refractivity contribution in [2.45, 2.75) is 32.4 Å². The molecule has 188 valence electrons. The van der Waals surface area contributed by atoms with Gasteiger partial charge >= 0.3 is 0 Å². The monoisotopic (exact) mass is 500 g/mol. The molecule has 3 N–H and O–H groups in total. The number of hydrogen-bond donors (Lipinski definition) is 3. The third-order valence-electron chi connectivity index (χ3n) is 7.26. The van der Waals surface area contributed by atoms with Crippen LogP contribution in [0.5, 0.6) is 0 Å². The molecule has 35 heavy (non-hydrogen) atoms. The van der Waals surface area contributed by atoms with Crippen LogP contribution < -0.4 is 15.5 Å². The van der Waals surface area contributed by atoms with Crippen molar-refractivity contribution in [3.8, 4) is 0 Å². The predicted molar refractivity (Wildman–Crippen MR) is 135 cm³/mol. The summed E-state index contributed by atoms with van der Waals surface area (Å²) >= 11 is 6.26. The van der Waals surface area contributed by atoms with Crippen molar-refractivity contribution in [1.82, 2.24) is 20.2 Å². The Morgan fingerprint density at radius 1 is 1.20 bits per heavy atom.